The van der Waals surface area contributed by atoms with Crippen molar-refractivity contribution in [3.8, 4) is 0 Å². The minimum atomic E-state index is -0.000723. The SMILES string of the molecule is CCc1cnc(C(C)(C)C)nn1. The first-order valence-corrected chi connectivity index (χ1v) is 4.23. The van der Waals surface area contributed by atoms with Gasteiger partial charge in [-0.3, -0.25) is 0 Å². The van der Waals surface area contributed by atoms with Gasteiger partial charge in [-0.05, 0) is 6.42 Å². The third-order valence-electron chi connectivity index (χ3n) is 1.64. The van der Waals surface area contributed by atoms with Crippen molar-refractivity contribution in [2.75, 3.05) is 0 Å². The maximum Gasteiger partial charge on any atom is 0.156 e. The molecule has 0 fully saturated rings. The van der Waals surface area contributed by atoms with Crippen LogP contribution in [0.15, 0.2) is 6.20 Å². The summed E-state index contributed by atoms with van der Waals surface area (Å²) in [5, 5.41) is 8.11. The van der Waals surface area contributed by atoms with Gasteiger partial charge in [0, 0.05) is 5.41 Å². The van der Waals surface area contributed by atoms with E-state index in [-0.39, 0.29) is 5.41 Å². The second kappa shape index (κ2) is 3.17. The van der Waals surface area contributed by atoms with Crippen molar-refractivity contribution >= 4 is 0 Å². The van der Waals surface area contributed by atoms with E-state index in [9.17, 15) is 0 Å². The van der Waals surface area contributed by atoms with Crippen molar-refractivity contribution in [3.05, 3.63) is 17.7 Å². The molecule has 0 amide bonds. The summed E-state index contributed by atoms with van der Waals surface area (Å²) in [7, 11) is 0. The summed E-state index contributed by atoms with van der Waals surface area (Å²) in [6, 6.07) is 0. The Kier molecular flexibility index (Phi) is 2.40. The number of nitrogens with zero attached hydrogens (tertiary/aromatic N) is 3. The highest BCUT2D eigenvalue weighted by atomic mass is 15.2. The summed E-state index contributed by atoms with van der Waals surface area (Å²) in [4.78, 5) is 4.25. The van der Waals surface area contributed by atoms with E-state index in [1.165, 1.54) is 0 Å². The summed E-state index contributed by atoms with van der Waals surface area (Å²) in [6.45, 7) is 8.28. The molecule has 0 unspecified atom stereocenters. The highest BCUT2D eigenvalue weighted by Crippen LogP contribution is 2.16. The van der Waals surface area contributed by atoms with E-state index in [0.29, 0.717) is 0 Å². The van der Waals surface area contributed by atoms with E-state index in [2.05, 4.69) is 36.0 Å². The van der Waals surface area contributed by atoms with E-state index >= 15 is 0 Å². The van der Waals surface area contributed by atoms with E-state index in [1.54, 1.807) is 6.20 Å². The summed E-state index contributed by atoms with van der Waals surface area (Å²) >= 11 is 0. The Hall–Kier alpha value is -0.990. The van der Waals surface area contributed by atoms with Crippen LogP contribution in [0, 0.1) is 0 Å². The average Bonchev–Trinajstić information content (AvgIpc) is 2.03. The molecule has 1 aromatic heterocycles. The molecule has 3 nitrogen and oxygen atoms in total. The van der Waals surface area contributed by atoms with Crippen LogP contribution in [0.2, 0.25) is 0 Å². The first-order chi connectivity index (χ1) is 5.54. The maximum atomic E-state index is 4.25. The molecule has 0 saturated carbocycles. The fourth-order valence-electron chi connectivity index (χ4n) is 0.805. The molecule has 1 rings (SSSR count). The van der Waals surface area contributed by atoms with Gasteiger partial charge in [-0.15, -0.1) is 5.10 Å². The van der Waals surface area contributed by atoms with Gasteiger partial charge in [0.25, 0.3) is 0 Å². The molecule has 1 heterocycles. The number of aryl methyl sites for hydroxylation is 1. The van der Waals surface area contributed by atoms with Gasteiger partial charge in [-0.1, -0.05) is 27.7 Å². The first kappa shape index (κ1) is 9.10. The van der Waals surface area contributed by atoms with Gasteiger partial charge in [-0.2, -0.15) is 5.10 Å². The zero-order valence-corrected chi connectivity index (χ0v) is 8.13. The molecule has 0 aliphatic rings. The molecule has 3 heteroatoms. The van der Waals surface area contributed by atoms with Crippen molar-refractivity contribution < 1.29 is 0 Å². The quantitative estimate of drug-likeness (QED) is 0.636. The predicted octanol–water partition coefficient (Wildman–Crippen LogP) is 1.73. The maximum absolute atomic E-state index is 4.25. The average molecular weight is 165 g/mol. The van der Waals surface area contributed by atoms with Gasteiger partial charge in [-0.25, -0.2) is 4.98 Å². The Morgan fingerprint density at radius 3 is 2.25 bits per heavy atom. The molecule has 0 spiro atoms. The molecule has 66 valence electrons. The van der Waals surface area contributed by atoms with E-state index in [1.807, 2.05) is 6.92 Å². The van der Waals surface area contributed by atoms with Crippen molar-refractivity contribution in [1.82, 2.24) is 15.2 Å². The predicted molar refractivity (Wildman–Crippen MR) is 47.9 cm³/mol. The minimum absolute atomic E-state index is 0.000723. The van der Waals surface area contributed by atoms with E-state index in [0.717, 1.165) is 17.9 Å². The Balaban J connectivity index is 2.93. The van der Waals surface area contributed by atoms with Crippen LogP contribution in [0.1, 0.15) is 39.2 Å². The topological polar surface area (TPSA) is 38.7 Å². The number of aromatic nitrogens is 3. The summed E-state index contributed by atoms with van der Waals surface area (Å²) in [5.74, 6) is 0.805. The molecule has 12 heavy (non-hydrogen) atoms. The number of hydrogen-bond donors (Lipinski definition) is 0. The number of rotatable bonds is 1. The zero-order valence-electron chi connectivity index (χ0n) is 8.13. The Labute approximate surface area is 73.2 Å². The van der Waals surface area contributed by atoms with Crippen LogP contribution >= 0.6 is 0 Å². The van der Waals surface area contributed by atoms with Crippen LogP contribution in [-0.2, 0) is 11.8 Å². The summed E-state index contributed by atoms with van der Waals surface area (Å²) in [6.07, 6.45) is 2.69. The lowest BCUT2D eigenvalue weighted by Gasteiger charge is -2.14. The van der Waals surface area contributed by atoms with Crippen molar-refractivity contribution in [2.24, 2.45) is 0 Å². The fraction of sp³-hybridized carbons (Fsp3) is 0.667. The third-order valence-corrected chi connectivity index (χ3v) is 1.64. The van der Waals surface area contributed by atoms with Gasteiger partial charge in [0.1, 0.15) is 0 Å². The second-order valence-electron chi connectivity index (χ2n) is 3.88. The van der Waals surface area contributed by atoms with Crippen molar-refractivity contribution in [1.29, 1.82) is 0 Å². The van der Waals surface area contributed by atoms with Gasteiger partial charge >= 0.3 is 0 Å². The largest absolute Gasteiger partial charge is 0.237 e. The molecular formula is C9H15N3. The zero-order chi connectivity index (χ0) is 9.19. The van der Waals surface area contributed by atoms with Gasteiger partial charge < -0.3 is 0 Å². The van der Waals surface area contributed by atoms with Crippen LogP contribution in [0.25, 0.3) is 0 Å². The van der Waals surface area contributed by atoms with Gasteiger partial charge in [0.2, 0.25) is 0 Å². The third kappa shape index (κ3) is 2.00. The Morgan fingerprint density at radius 1 is 1.25 bits per heavy atom. The molecule has 0 radical (unpaired) electrons. The van der Waals surface area contributed by atoms with Crippen LogP contribution < -0.4 is 0 Å². The standard InChI is InChI=1S/C9H15N3/c1-5-7-6-10-8(12-11-7)9(2,3)4/h6H,5H2,1-4H3. The molecule has 0 saturated heterocycles. The van der Waals surface area contributed by atoms with Crippen molar-refractivity contribution in [3.63, 3.8) is 0 Å². The second-order valence-corrected chi connectivity index (χ2v) is 3.88. The fourth-order valence-corrected chi connectivity index (χ4v) is 0.805. The lowest BCUT2D eigenvalue weighted by Crippen LogP contribution is -2.17. The normalized spacial score (nSPS) is 11.7. The molecular weight excluding hydrogens is 150 g/mol. The number of hydrogen-bond acceptors (Lipinski definition) is 3. The lowest BCUT2D eigenvalue weighted by atomic mass is 9.96. The van der Waals surface area contributed by atoms with Crippen LogP contribution in [-0.4, -0.2) is 15.2 Å². The lowest BCUT2D eigenvalue weighted by molar-refractivity contribution is 0.530. The van der Waals surface area contributed by atoms with Gasteiger partial charge in [0.05, 0.1) is 11.9 Å². The molecule has 0 aliphatic carbocycles. The molecule has 1 aromatic rings. The summed E-state index contributed by atoms with van der Waals surface area (Å²) < 4.78 is 0. The first-order valence-electron chi connectivity index (χ1n) is 4.23. The molecule has 0 aromatic carbocycles. The molecule has 0 atom stereocenters. The van der Waals surface area contributed by atoms with E-state index in [4.69, 9.17) is 0 Å². The van der Waals surface area contributed by atoms with Crippen LogP contribution in [0.3, 0.4) is 0 Å². The van der Waals surface area contributed by atoms with Crippen molar-refractivity contribution in [2.45, 2.75) is 39.5 Å². The molecule has 0 bridgehead atoms. The highest BCUT2D eigenvalue weighted by Gasteiger charge is 2.17. The smallest absolute Gasteiger partial charge is 0.156 e. The molecule has 0 aliphatic heterocycles. The van der Waals surface area contributed by atoms with E-state index < -0.39 is 0 Å². The Morgan fingerprint density at radius 2 is 1.92 bits per heavy atom. The van der Waals surface area contributed by atoms with Crippen LogP contribution in [0.4, 0.5) is 0 Å². The van der Waals surface area contributed by atoms with Crippen LogP contribution in [0.5, 0.6) is 0 Å². The minimum Gasteiger partial charge on any atom is -0.237 e. The molecule has 0 N–H and O–H groups in total. The highest BCUT2D eigenvalue weighted by molar-refractivity contribution is 5.01. The monoisotopic (exact) mass is 165 g/mol. The van der Waals surface area contributed by atoms with Gasteiger partial charge in [0.15, 0.2) is 5.82 Å². The Bertz CT molecular complexity index is 245. The summed E-state index contributed by atoms with van der Waals surface area (Å²) in [5.41, 5.74) is 0.946.